The van der Waals surface area contributed by atoms with Crippen LogP contribution in [0.1, 0.15) is 5.56 Å². The van der Waals surface area contributed by atoms with Crippen molar-refractivity contribution in [3.05, 3.63) is 62.1 Å². The summed E-state index contributed by atoms with van der Waals surface area (Å²) in [5.74, 6) is 0. The highest BCUT2D eigenvalue weighted by molar-refractivity contribution is 7.92. The first-order valence-corrected chi connectivity index (χ1v) is 8.54. The van der Waals surface area contributed by atoms with Crippen LogP contribution in [-0.2, 0) is 10.0 Å². The Balaban J connectivity index is 2.56. The van der Waals surface area contributed by atoms with E-state index in [1.807, 2.05) is 0 Å². The number of nitrogens with zero attached hydrogens (tertiary/aromatic N) is 2. The molecule has 0 unspecified atom stereocenters. The number of anilines is 1. The number of halogens is 2. The van der Waals surface area contributed by atoms with Crippen molar-refractivity contribution >= 4 is 44.6 Å². The molecular formula is C14H12Cl2N2O4S. The third-order valence-electron chi connectivity index (χ3n) is 3.31. The second-order valence-electron chi connectivity index (χ2n) is 4.75. The molecule has 2 rings (SSSR count). The number of sulfonamides is 1. The van der Waals surface area contributed by atoms with Crippen LogP contribution in [0.25, 0.3) is 0 Å². The van der Waals surface area contributed by atoms with Gasteiger partial charge in [0.05, 0.1) is 25.6 Å². The molecule has 0 atom stereocenters. The summed E-state index contributed by atoms with van der Waals surface area (Å²) >= 11 is 11.9. The van der Waals surface area contributed by atoms with Gasteiger partial charge in [-0.05, 0) is 25.1 Å². The van der Waals surface area contributed by atoms with Crippen molar-refractivity contribution in [1.29, 1.82) is 0 Å². The molecule has 0 N–H and O–H groups in total. The lowest BCUT2D eigenvalue weighted by Crippen LogP contribution is -2.27. The van der Waals surface area contributed by atoms with E-state index >= 15 is 0 Å². The first kappa shape index (κ1) is 17.5. The first-order valence-electron chi connectivity index (χ1n) is 6.34. The highest BCUT2D eigenvalue weighted by atomic mass is 35.5. The third kappa shape index (κ3) is 3.26. The van der Waals surface area contributed by atoms with E-state index in [0.29, 0.717) is 5.56 Å². The van der Waals surface area contributed by atoms with Gasteiger partial charge in [-0.3, -0.25) is 14.4 Å². The van der Waals surface area contributed by atoms with Crippen LogP contribution in [0.2, 0.25) is 10.0 Å². The van der Waals surface area contributed by atoms with Gasteiger partial charge in [0.1, 0.15) is 0 Å². The molecule has 0 saturated carbocycles. The van der Waals surface area contributed by atoms with Crippen molar-refractivity contribution < 1.29 is 13.3 Å². The minimum Gasteiger partial charge on any atom is -0.268 e. The largest absolute Gasteiger partial charge is 0.273 e. The van der Waals surface area contributed by atoms with E-state index in [1.165, 1.54) is 38.2 Å². The lowest BCUT2D eigenvalue weighted by atomic mass is 10.2. The van der Waals surface area contributed by atoms with Crippen LogP contribution in [0, 0.1) is 17.0 Å². The average molecular weight is 375 g/mol. The van der Waals surface area contributed by atoms with Crippen molar-refractivity contribution in [3.8, 4) is 0 Å². The number of rotatable bonds is 4. The molecule has 2 aromatic rings. The van der Waals surface area contributed by atoms with Crippen LogP contribution < -0.4 is 4.31 Å². The van der Waals surface area contributed by atoms with Gasteiger partial charge in [-0.1, -0.05) is 35.3 Å². The molecule has 0 bridgehead atoms. The predicted octanol–water partition coefficient (Wildman–Crippen LogP) is 4.04. The fraction of sp³-hybridized carbons (Fsp3) is 0.143. The molecule has 0 aliphatic heterocycles. The molecule has 9 heteroatoms. The molecule has 0 heterocycles. The normalized spacial score (nSPS) is 11.3. The van der Waals surface area contributed by atoms with Crippen molar-refractivity contribution in [2.75, 3.05) is 11.4 Å². The SMILES string of the molecule is Cc1ccc(S(=O)(=O)N(C)c2cccc(Cl)c2Cl)cc1[N+](=O)[O-]. The van der Waals surface area contributed by atoms with Crippen LogP contribution in [0.5, 0.6) is 0 Å². The fourth-order valence-corrected chi connectivity index (χ4v) is 3.67. The number of benzene rings is 2. The Kier molecular flexibility index (Phi) is 4.84. The summed E-state index contributed by atoms with van der Waals surface area (Å²) in [6.45, 7) is 1.53. The van der Waals surface area contributed by atoms with E-state index in [2.05, 4.69) is 0 Å². The average Bonchev–Trinajstić information content (AvgIpc) is 2.49. The summed E-state index contributed by atoms with van der Waals surface area (Å²) in [4.78, 5) is 10.2. The first-order chi connectivity index (χ1) is 10.7. The van der Waals surface area contributed by atoms with E-state index in [4.69, 9.17) is 23.2 Å². The van der Waals surface area contributed by atoms with Crippen molar-refractivity contribution in [1.82, 2.24) is 0 Å². The van der Waals surface area contributed by atoms with E-state index in [0.717, 1.165) is 10.4 Å². The van der Waals surface area contributed by atoms with E-state index in [9.17, 15) is 18.5 Å². The molecule has 0 fully saturated rings. The van der Waals surface area contributed by atoms with Crippen molar-refractivity contribution in [2.45, 2.75) is 11.8 Å². The van der Waals surface area contributed by atoms with Crippen LogP contribution in [0.4, 0.5) is 11.4 Å². The summed E-state index contributed by atoms with van der Waals surface area (Å²) in [5.41, 5.74) is 0.288. The molecule has 0 amide bonds. The number of hydrogen-bond donors (Lipinski definition) is 0. The maximum atomic E-state index is 12.7. The van der Waals surface area contributed by atoms with Crippen LogP contribution in [0.15, 0.2) is 41.3 Å². The summed E-state index contributed by atoms with van der Waals surface area (Å²) in [5, 5.41) is 11.3. The number of hydrogen-bond acceptors (Lipinski definition) is 4. The lowest BCUT2D eigenvalue weighted by Gasteiger charge is -2.21. The monoisotopic (exact) mass is 374 g/mol. The molecule has 0 saturated heterocycles. The molecule has 0 spiro atoms. The molecule has 0 aromatic heterocycles. The molecule has 0 radical (unpaired) electrons. The van der Waals surface area contributed by atoms with Gasteiger partial charge in [-0.15, -0.1) is 0 Å². The second-order valence-corrected chi connectivity index (χ2v) is 7.51. The molecule has 0 aliphatic carbocycles. The summed E-state index contributed by atoms with van der Waals surface area (Å²) in [6.07, 6.45) is 0. The Labute approximate surface area is 143 Å². The van der Waals surface area contributed by atoms with Crippen molar-refractivity contribution in [2.24, 2.45) is 0 Å². The Hall–Kier alpha value is -1.83. The maximum absolute atomic E-state index is 12.7. The van der Waals surface area contributed by atoms with Gasteiger partial charge in [0.25, 0.3) is 15.7 Å². The molecule has 0 aliphatic rings. The zero-order valence-electron chi connectivity index (χ0n) is 12.2. The minimum atomic E-state index is -4.02. The van der Waals surface area contributed by atoms with E-state index in [-0.39, 0.29) is 26.3 Å². The van der Waals surface area contributed by atoms with Gasteiger partial charge in [-0.2, -0.15) is 0 Å². The summed E-state index contributed by atoms with van der Waals surface area (Å²) in [7, 11) is -2.71. The number of nitro groups is 1. The Bertz CT molecular complexity index is 884. The highest BCUT2D eigenvalue weighted by Crippen LogP contribution is 2.35. The Morgan fingerprint density at radius 2 is 1.83 bits per heavy atom. The van der Waals surface area contributed by atoms with Crippen LogP contribution >= 0.6 is 23.2 Å². The molecule has 6 nitrogen and oxygen atoms in total. The molecule has 23 heavy (non-hydrogen) atoms. The predicted molar refractivity (Wildman–Crippen MR) is 89.9 cm³/mol. The smallest absolute Gasteiger partial charge is 0.268 e. The summed E-state index contributed by atoms with van der Waals surface area (Å²) in [6, 6.07) is 8.32. The van der Waals surface area contributed by atoms with Gasteiger partial charge in [0, 0.05) is 18.7 Å². The van der Waals surface area contributed by atoms with Crippen LogP contribution in [-0.4, -0.2) is 20.4 Å². The maximum Gasteiger partial charge on any atom is 0.273 e. The van der Waals surface area contributed by atoms with Gasteiger partial charge in [0.2, 0.25) is 0 Å². The molecule has 122 valence electrons. The fourth-order valence-electron chi connectivity index (χ4n) is 1.97. The van der Waals surface area contributed by atoms with Gasteiger partial charge in [0.15, 0.2) is 0 Å². The zero-order chi connectivity index (χ0) is 17.4. The second kappa shape index (κ2) is 6.35. The van der Waals surface area contributed by atoms with Crippen molar-refractivity contribution in [3.63, 3.8) is 0 Å². The third-order valence-corrected chi connectivity index (χ3v) is 5.88. The Morgan fingerprint density at radius 1 is 1.17 bits per heavy atom. The Morgan fingerprint density at radius 3 is 2.43 bits per heavy atom. The number of nitro benzene ring substituents is 1. The van der Waals surface area contributed by atoms with Gasteiger partial charge >= 0.3 is 0 Å². The lowest BCUT2D eigenvalue weighted by molar-refractivity contribution is -0.385. The van der Waals surface area contributed by atoms with Crippen LogP contribution in [0.3, 0.4) is 0 Å². The quantitative estimate of drug-likeness (QED) is 0.597. The number of aryl methyl sites for hydroxylation is 1. The molecular weight excluding hydrogens is 363 g/mol. The minimum absolute atomic E-state index is 0.0850. The summed E-state index contributed by atoms with van der Waals surface area (Å²) < 4.78 is 26.3. The van der Waals surface area contributed by atoms with Gasteiger partial charge in [-0.25, -0.2) is 8.42 Å². The van der Waals surface area contributed by atoms with E-state index in [1.54, 1.807) is 6.07 Å². The highest BCUT2D eigenvalue weighted by Gasteiger charge is 2.26. The van der Waals surface area contributed by atoms with Gasteiger partial charge < -0.3 is 0 Å². The van der Waals surface area contributed by atoms with E-state index < -0.39 is 14.9 Å². The molecule has 2 aromatic carbocycles. The zero-order valence-corrected chi connectivity index (χ0v) is 14.5. The topological polar surface area (TPSA) is 80.5 Å². The standard InChI is InChI=1S/C14H12Cl2N2O4S/c1-9-6-7-10(8-13(9)18(19)20)23(21,22)17(2)12-5-3-4-11(15)14(12)16/h3-8H,1-2H3.